The first-order valence-corrected chi connectivity index (χ1v) is 5.60. The summed E-state index contributed by atoms with van der Waals surface area (Å²) in [4.78, 5) is 4.04. The lowest BCUT2D eigenvalue weighted by atomic mass is 10.3. The molecule has 0 bridgehead atoms. The number of nitrogens with zero attached hydrogens (tertiary/aromatic N) is 3. The van der Waals surface area contributed by atoms with Gasteiger partial charge in [-0.25, -0.2) is 4.68 Å². The second-order valence-electron chi connectivity index (χ2n) is 3.76. The largest absolute Gasteiger partial charge is 0.494 e. The Bertz CT molecular complexity index is 467. The quantitative estimate of drug-likeness (QED) is 0.796. The molecule has 2 rings (SSSR count). The van der Waals surface area contributed by atoms with Gasteiger partial charge in [-0.05, 0) is 19.1 Å². The van der Waals surface area contributed by atoms with Crippen LogP contribution >= 0.6 is 0 Å². The number of nitrogens with two attached hydrogens (primary N) is 1. The first-order valence-electron chi connectivity index (χ1n) is 5.60. The Morgan fingerprint density at radius 1 is 1.29 bits per heavy atom. The van der Waals surface area contributed by atoms with Gasteiger partial charge in [-0.1, -0.05) is 18.2 Å². The lowest BCUT2D eigenvalue weighted by Gasteiger charge is -2.06. The molecule has 5 nitrogen and oxygen atoms in total. The lowest BCUT2D eigenvalue weighted by molar-refractivity contribution is 0.299. The summed E-state index contributed by atoms with van der Waals surface area (Å²) in [5.41, 5.74) is 5.68. The molecule has 17 heavy (non-hydrogen) atoms. The van der Waals surface area contributed by atoms with Gasteiger partial charge in [-0.3, -0.25) is 0 Å². The zero-order valence-corrected chi connectivity index (χ0v) is 9.84. The summed E-state index contributed by atoms with van der Waals surface area (Å²) in [6.07, 6.45) is 0.849. The SMILES string of the molecule is Cc1nc(N)n(CCCOc2ccccc2)n1. The second-order valence-corrected chi connectivity index (χ2v) is 3.76. The highest BCUT2D eigenvalue weighted by Crippen LogP contribution is 2.09. The van der Waals surface area contributed by atoms with E-state index in [0.29, 0.717) is 18.4 Å². The fourth-order valence-electron chi connectivity index (χ4n) is 1.56. The molecule has 1 aromatic heterocycles. The summed E-state index contributed by atoms with van der Waals surface area (Å²) in [7, 11) is 0. The zero-order chi connectivity index (χ0) is 12.1. The van der Waals surface area contributed by atoms with Gasteiger partial charge >= 0.3 is 0 Å². The smallest absolute Gasteiger partial charge is 0.218 e. The topological polar surface area (TPSA) is 66.0 Å². The van der Waals surface area contributed by atoms with Crippen molar-refractivity contribution in [3.63, 3.8) is 0 Å². The van der Waals surface area contributed by atoms with E-state index in [1.54, 1.807) is 4.68 Å². The number of aromatic nitrogens is 3. The molecule has 2 aromatic rings. The van der Waals surface area contributed by atoms with Crippen molar-refractivity contribution >= 4 is 5.95 Å². The average Bonchev–Trinajstić information content (AvgIpc) is 2.65. The summed E-state index contributed by atoms with van der Waals surface area (Å²) in [6, 6.07) is 9.75. The van der Waals surface area contributed by atoms with Gasteiger partial charge < -0.3 is 10.5 Å². The number of nitrogen functional groups attached to an aromatic ring is 1. The predicted octanol–water partition coefficient (Wildman–Crippen LogP) is 1.64. The molecule has 0 amide bonds. The van der Waals surface area contributed by atoms with Crippen LogP contribution < -0.4 is 10.5 Å². The molecule has 1 aromatic carbocycles. The molecule has 0 saturated carbocycles. The summed E-state index contributed by atoms with van der Waals surface area (Å²) < 4.78 is 7.27. The van der Waals surface area contributed by atoms with Crippen LogP contribution in [0.5, 0.6) is 5.75 Å². The summed E-state index contributed by atoms with van der Waals surface area (Å²) in [5.74, 6) is 2.05. The Balaban J connectivity index is 1.75. The lowest BCUT2D eigenvalue weighted by Crippen LogP contribution is -2.08. The normalized spacial score (nSPS) is 10.4. The van der Waals surface area contributed by atoms with Crippen LogP contribution in [0.25, 0.3) is 0 Å². The van der Waals surface area contributed by atoms with Crippen molar-refractivity contribution in [2.45, 2.75) is 19.9 Å². The van der Waals surface area contributed by atoms with Crippen LogP contribution in [-0.4, -0.2) is 21.4 Å². The molecule has 0 fully saturated rings. The number of ether oxygens (including phenoxy) is 1. The summed E-state index contributed by atoms with van der Waals surface area (Å²) in [6.45, 7) is 3.19. The van der Waals surface area contributed by atoms with Crippen molar-refractivity contribution in [2.24, 2.45) is 0 Å². The highest BCUT2D eigenvalue weighted by molar-refractivity contribution is 5.20. The fraction of sp³-hybridized carbons (Fsp3) is 0.333. The second kappa shape index (κ2) is 5.34. The van der Waals surface area contributed by atoms with Crippen molar-refractivity contribution in [1.29, 1.82) is 0 Å². The van der Waals surface area contributed by atoms with Gasteiger partial charge in [0.25, 0.3) is 0 Å². The Labute approximate surface area is 100 Å². The molecule has 90 valence electrons. The van der Waals surface area contributed by atoms with Gasteiger partial charge in [0.1, 0.15) is 11.6 Å². The number of benzene rings is 1. The van der Waals surface area contributed by atoms with Crippen LogP contribution in [0, 0.1) is 6.92 Å². The Kier molecular flexibility index (Phi) is 3.59. The fourth-order valence-corrected chi connectivity index (χ4v) is 1.56. The zero-order valence-electron chi connectivity index (χ0n) is 9.84. The number of para-hydroxylation sites is 1. The molecule has 5 heteroatoms. The van der Waals surface area contributed by atoms with Crippen LogP contribution in [0.3, 0.4) is 0 Å². The van der Waals surface area contributed by atoms with E-state index < -0.39 is 0 Å². The molecule has 0 aliphatic heterocycles. The van der Waals surface area contributed by atoms with E-state index in [4.69, 9.17) is 10.5 Å². The van der Waals surface area contributed by atoms with E-state index in [9.17, 15) is 0 Å². The monoisotopic (exact) mass is 232 g/mol. The van der Waals surface area contributed by atoms with Crippen LogP contribution in [0.15, 0.2) is 30.3 Å². The number of aryl methyl sites for hydroxylation is 2. The minimum atomic E-state index is 0.460. The van der Waals surface area contributed by atoms with E-state index in [1.165, 1.54) is 0 Å². The van der Waals surface area contributed by atoms with Crippen molar-refractivity contribution in [1.82, 2.24) is 14.8 Å². The third-order valence-corrected chi connectivity index (χ3v) is 2.33. The molecule has 0 saturated heterocycles. The van der Waals surface area contributed by atoms with Crippen molar-refractivity contribution < 1.29 is 4.74 Å². The van der Waals surface area contributed by atoms with E-state index in [1.807, 2.05) is 37.3 Å². The van der Waals surface area contributed by atoms with Crippen molar-refractivity contribution in [2.75, 3.05) is 12.3 Å². The standard InChI is InChI=1S/C12H16N4O/c1-10-14-12(13)16(15-10)8-5-9-17-11-6-3-2-4-7-11/h2-4,6-7H,5,8-9H2,1H3,(H2,13,14,15). The molecule has 2 N–H and O–H groups in total. The molecular weight excluding hydrogens is 216 g/mol. The third kappa shape index (κ3) is 3.21. The van der Waals surface area contributed by atoms with Gasteiger partial charge in [0.15, 0.2) is 0 Å². The number of anilines is 1. The van der Waals surface area contributed by atoms with Gasteiger partial charge in [0, 0.05) is 13.0 Å². The number of hydrogen-bond donors (Lipinski definition) is 1. The first kappa shape index (κ1) is 11.4. The van der Waals surface area contributed by atoms with Gasteiger partial charge in [-0.15, -0.1) is 0 Å². The highest BCUT2D eigenvalue weighted by atomic mass is 16.5. The van der Waals surface area contributed by atoms with Gasteiger partial charge in [-0.2, -0.15) is 10.1 Å². The Morgan fingerprint density at radius 2 is 2.06 bits per heavy atom. The molecule has 0 aliphatic rings. The summed E-state index contributed by atoms with van der Waals surface area (Å²) >= 11 is 0. The Hall–Kier alpha value is -2.04. The molecule has 0 spiro atoms. The Morgan fingerprint density at radius 3 is 2.71 bits per heavy atom. The van der Waals surface area contributed by atoms with Gasteiger partial charge in [0.2, 0.25) is 5.95 Å². The average molecular weight is 232 g/mol. The molecule has 0 atom stereocenters. The van der Waals surface area contributed by atoms with E-state index in [2.05, 4.69) is 10.1 Å². The van der Waals surface area contributed by atoms with Gasteiger partial charge in [0.05, 0.1) is 6.61 Å². The molecule has 1 heterocycles. The minimum absolute atomic E-state index is 0.460. The third-order valence-electron chi connectivity index (χ3n) is 2.33. The van der Waals surface area contributed by atoms with Crippen molar-refractivity contribution in [3.05, 3.63) is 36.2 Å². The molecule has 0 aliphatic carbocycles. The first-order chi connectivity index (χ1) is 8.25. The van der Waals surface area contributed by atoms with Crippen molar-refractivity contribution in [3.8, 4) is 5.75 Å². The number of rotatable bonds is 5. The van der Waals surface area contributed by atoms with Crippen LogP contribution in [-0.2, 0) is 6.54 Å². The van der Waals surface area contributed by atoms with E-state index in [0.717, 1.165) is 18.7 Å². The molecule has 0 radical (unpaired) electrons. The minimum Gasteiger partial charge on any atom is -0.494 e. The predicted molar refractivity (Wildman–Crippen MR) is 65.7 cm³/mol. The molecular formula is C12H16N4O. The van der Waals surface area contributed by atoms with Crippen LogP contribution in [0.2, 0.25) is 0 Å². The van der Waals surface area contributed by atoms with Crippen LogP contribution in [0.1, 0.15) is 12.2 Å². The van der Waals surface area contributed by atoms with E-state index >= 15 is 0 Å². The maximum atomic E-state index is 5.68. The van der Waals surface area contributed by atoms with Crippen LogP contribution in [0.4, 0.5) is 5.95 Å². The molecule has 0 unspecified atom stereocenters. The summed E-state index contributed by atoms with van der Waals surface area (Å²) in [5, 5.41) is 4.18. The maximum Gasteiger partial charge on any atom is 0.218 e. The maximum absolute atomic E-state index is 5.68. The van der Waals surface area contributed by atoms with E-state index in [-0.39, 0.29) is 0 Å². The number of hydrogen-bond acceptors (Lipinski definition) is 4. The highest BCUT2D eigenvalue weighted by Gasteiger charge is 2.02.